The number of methoxy groups -OCH3 is 1. The van der Waals surface area contributed by atoms with Gasteiger partial charge in [-0.2, -0.15) is 0 Å². The number of aromatic nitrogens is 3. The van der Waals surface area contributed by atoms with Crippen LogP contribution in [-0.2, 0) is 4.74 Å². The molecule has 0 unspecified atom stereocenters. The highest BCUT2D eigenvalue weighted by Crippen LogP contribution is 2.31. The molecule has 3 aromatic heterocycles. The summed E-state index contributed by atoms with van der Waals surface area (Å²) in [6, 6.07) is 5.11. The Hall–Kier alpha value is -1.63. The number of halogens is 2. The molecule has 0 spiro atoms. The van der Waals surface area contributed by atoms with Gasteiger partial charge in [-0.1, -0.05) is 23.2 Å². The second kappa shape index (κ2) is 5.05. The molecule has 0 N–H and O–H groups in total. The first-order chi connectivity index (χ1) is 9.60. The van der Waals surface area contributed by atoms with Crippen LogP contribution in [0.5, 0.6) is 0 Å². The standard InChI is InChI=1S/C12H7Cl2N3O2S/c1-19-12(18)6-4-7(13)10-15-16-11(17(10)5-6)8-2-3-9(14)20-8/h2-5H,1H3. The highest BCUT2D eigenvalue weighted by atomic mass is 35.5. The van der Waals surface area contributed by atoms with E-state index < -0.39 is 5.97 Å². The summed E-state index contributed by atoms with van der Waals surface area (Å²) in [6.07, 6.45) is 1.59. The summed E-state index contributed by atoms with van der Waals surface area (Å²) in [7, 11) is 1.31. The lowest BCUT2D eigenvalue weighted by Crippen LogP contribution is -2.03. The van der Waals surface area contributed by atoms with Crippen molar-refractivity contribution in [2.24, 2.45) is 0 Å². The zero-order valence-electron chi connectivity index (χ0n) is 10.1. The molecular weight excluding hydrogens is 321 g/mol. The fourth-order valence-electron chi connectivity index (χ4n) is 1.79. The van der Waals surface area contributed by atoms with Crippen molar-refractivity contribution in [1.82, 2.24) is 14.6 Å². The van der Waals surface area contributed by atoms with E-state index in [4.69, 9.17) is 27.9 Å². The van der Waals surface area contributed by atoms with Crippen molar-refractivity contribution in [1.29, 1.82) is 0 Å². The van der Waals surface area contributed by atoms with Gasteiger partial charge in [0.25, 0.3) is 0 Å². The maximum atomic E-state index is 11.6. The molecule has 5 nitrogen and oxygen atoms in total. The molecule has 8 heteroatoms. The summed E-state index contributed by atoms with van der Waals surface area (Å²) in [5.41, 5.74) is 0.799. The van der Waals surface area contributed by atoms with E-state index in [1.165, 1.54) is 24.5 Å². The minimum absolute atomic E-state index is 0.328. The van der Waals surface area contributed by atoms with Gasteiger partial charge in [0.1, 0.15) is 0 Å². The lowest BCUT2D eigenvalue weighted by molar-refractivity contribution is 0.0600. The van der Waals surface area contributed by atoms with Crippen LogP contribution >= 0.6 is 34.5 Å². The second-order valence-corrected chi connectivity index (χ2v) is 6.01. The van der Waals surface area contributed by atoms with Gasteiger partial charge < -0.3 is 4.74 Å². The van der Waals surface area contributed by atoms with Gasteiger partial charge in [-0.15, -0.1) is 21.5 Å². The normalized spacial score (nSPS) is 10.9. The molecule has 0 radical (unpaired) electrons. The van der Waals surface area contributed by atoms with E-state index in [-0.39, 0.29) is 0 Å². The molecule has 0 aliphatic rings. The summed E-state index contributed by atoms with van der Waals surface area (Å²) in [6.45, 7) is 0. The van der Waals surface area contributed by atoms with Crippen LogP contribution in [0.4, 0.5) is 0 Å². The summed E-state index contributed by atoms with van der Waals surface area (Å²) in [5.74, 6) is 0.0993. The Morgan fingerprint density at radius 1 is 1.35 bits per heavy atom. The van der Waals surface area contributed by atoms with Crippen molar-refractivity contribution >= 4 is 46.2 Å². The quantitative estimate of drug-likeness (QED) is 0.675. The van der Waals surface area contributed by atoms with Crippen molar-refractivity contribution in [2.45, 2.75) is 0 Å². The molecular formula is C12H7Cl2N3O2S. The molecule has 3 aromatic rings. The highest BCUT2D eigenvalue weighted by Gasteiger charge is 2.16. The second-order valence-electron chi connectivity index (χ2n) is 3.89. The number of hydrogen-bond donors (Lipinski definition) is 0. The van der Waals surface area contributed by atoms with Gasteiger partial charge in [-0.3, -0.25) is 4.40 Å². The Morgan fingerprint density at radius 2 is 2.15 bits per heavy atom. The lowest BCUT2D eigenvalue weighted by atomic mass is 10.3. The monoisotopic (exact) mass is 327 g/mol. The molecule has 20 heavy (non-hydrogen) atoms. The average molecular weight is 328 g/mol. The number of nitrogens with zero attached hydrogens (tertiary/aromatic N) is 3. The predicted octanol–water partition coefficient (Wildman–Crippen LogP) is 3.55. The van der Waals surface area contributed by atoms with Gasteiger partial charge in [-0.25, -0.2) is 4.79 Å². The SMILES string of the molecule is COC(=O)c1cc(Cl)c2nnc(-c3ccc(Cl)s3)n2c1. The maximum absolute atomic E-state index is 11.6. The van der Waals surface area contributed by atoms with Crippen molar-refractivity contribution in [3.63, 3.8) is 0 Å². The smallest absolute Gasteiger partial charge is 0.339 e. The van der Waals surface area contributed by atoms with Crippen LogP contribution in [0.15, 0.2) is 24.4 Å². The molecule has 0 atom stereocenters. The Labute approximate surface area is 127 Å². The van der Waals surface area contributed by atoms with Crippen molar-refractivity contribution in [3.05, 3.63) is 39.3 Å². The number of fused-ring (bicyclic) bond motifs is 1. The Balaban J connectivity index is 2.24. The van der Waals surface area contributed by atoms with Crippen LogP contribution < -0.4 is 0 Å². The third-order valence-electron chi connectivity index (χ3n) is 2.67. The summed E-state index contributed by atoms with van der Waals surface area (Å²) in [5, 5.41) is 8.44. The van der Waals surface area contributed by atoms with Crippen LogP contribution in [0.25, 0.3) is 16.3 Å². The van der Waals surface area contributed by atoms with Gasteiger partial charge in [0, 0.05) is 6.20 Å². The first-order valence-corrected chi connectivity index (χ1v) is 7.05. The highest BCUT2D eigenvalue weighted by molar-refractivity contribution is 7.19. The molecule has 0 fully saturated rings. The molecule has 102 valence electrons. The summed E-state index contributed by atoms with van der Waals surface area (Å²) >= 11 is 13.4. The van der Waals surface area contributed by atoms with Crippen molar-refractivity contribution in [3.8, 4) is 10.7 Å². The average Bonchev–Trinajstić information content (AvgIpc) is 3.03. The van der Waals surface area contributed by atoms with Crippen LogP contribution in [-0.4, -0.2) is 27.7 Å². The van der Waals surface area contributed by atoms with E-state index >= 15 is 0 Å². The fraction of sp³-hybridized carbons (Fsp3) is 0.0833. The number of thiophene rings is 1. The predicted molar refractivity (Wildman–Crippen MR) is 77.7 cm³/mol. The molecule has 3 heterocycles. The molecule has 0 saturated carbocycles. The van der Waals surface area contributed by atoms with Crippen LogP contribution in [0.1, 0.15) is 10.4 Å². The molecule has 0 aliphatic heterocycles. The number of hydrogen-bond acceptors (Lipinski definition) is 5. The van der Waals surface area contributed by atoms with Crippen LogP contribution in [0.2, 0.25) is 9.36 Å². The minimum atomic E-state index is -0.474. The first-order valence-electron chi connectivity index (χ1n) is 5.48. The van der Waals surface area contributed by atoms with E-state index in [1.54, 1.807) is 16.7 Å². The van der Waals surface area contributed by atoms with Gasteiger partial charge >= 0.3 is 5.97 Å². The van der Waals surface area contributed by atoms with Gasteiger partial charge in [-0.05, 0) is 18.2 Å². The number of carbonyl (C=O) groups excluding carboxylic acids is 1. The third kappa shape index (κ3) is 2.15. The Kier molecular flexibility index (Phi) is 3.37. The summed E-state index contributed by atoms with van der Waals surface area (Å²) < 4.78 is 6.99. The van der Waals surface area contributed by atoms with E-state index in [0.29, 0.717) is 26.4 Å². The van der Waals surface area contributed by atoms with E-state index in [1.807, 2.05) is 6.07 Å². The molecule has 0 amide bonds. The van der Waals surface area contributed by atoms with E-state index in [0.717, 1.165) is 4.88 Å². The number of rotatable bonds is 2. The fourth-order valence-corrected chi connectivity index (χ4v) is 3.06. The molecule has 0 aromatic carbocycles. The molecule has 3 rings (SSSR count). The Morgan fingerprint density at radius 3 is 2.80 bits per heavy atom. The largest absolute Gasteiger partial charge is 0.465 e. The van der Waals surface area contributed by atoms with E-state index in [9.17, 15) is 4.79 Å². The van der Waals surface area contributed by atoms with Crippen molar-refractivity contribution in [2.75, 3.05) is 7.11 Å². The van der Waals surface area contributed by atoms with Gasteiger partial charge in [0.2, 0.25) is 0 Å². The van der Waals surface area contributed by atoms with Gasteiger partial charge in [0.15, 0.2) is 11.5 Å². The molecule has 0 aliphatic carbocycles. The maximum Gasteiger partial charge on any atom is 0.339 e. The topological polar surface area (TPSA) is 56.5 Å². The zero-order chi connectivity index (χ0) is 14.3. The number of esters is 1. The van der Waals surface area contributed by atoms with Crippen LogP contribution in [0.3, 0.4) is 0 Å². The number of pyridine rings is 1. The number of ether oxygens (including phenoxy) is 1. The Bertz CT molecular complexity index is 812. The zero-order valence-corrected chi connectivity index (χ0v) is 12.5. The van der Waals surface area contributed by atoms with E-state index in [2.05, 4.69) is 10.2 Å². The third-order valence-corrected chi connectivity index (χ3v) is 4.18. The number of carbonyl (C=O) groups is 1. The molecule has 0 saturated heterocycles. The van der Waals surface area contributed by atoms with Gasteiger partial charge in [0.05, 0.1) is 26.9 Å². The first kappa shape index (κ1) is 13.4. The minimum Gasteiger partial charge on any atom is -0.465 e. The van der Waals surface area contributed by atoms with Crippen LogP contribution in [0, 0.1) is 0 Å². The summed E-state index contributed by atoms with van der Waals surface area (Å²) in [4.78, 5) is 12.5. The molecule has 0 bridgehead atoms. The lowest BCUT2D eigenvalue weighted by Gasteiger charge is -2.03. The van der Waals surface area contributed by atoms with Crippen molar-refractivity contribution < 1.29 is 9.53 Å².